The lowest BCUT2D eigenvalue weighted by Crippen LogP contribution is -2.37. The molecule has 2 N–H and O–H groups in total. The Morgan fingerprint density at radius 2 is 2.17 bits per heavy atom. The molecule has 0 aliphatic carbocycles. The van der Waals surface area contributed by atoms with Crippen LogP contribution in [0.3, 0.4) is 0 Å². The van der Waals surface area contributed by atoms with E-state index >= 15 is 0 Å². The number of benzene rings is 1. The molecule has 2 aromatic rings. The van der Waals surface area contributed by atoms with Gasteiger partial charge in [0.1, 0.15) is 0 Å². The zero-order chi connectivity index (χ0) is 16.4. The maximum atomic E-state index is 12.5. The average Bonchev–Trinajstić information content (AvgIpc) is 3.04. The Labute approximate surface area is 132 Å². The third-order valence-electron chi connectivity index (χ3n) is 4.00. The van der Waals surface area contributed by atoms with Crippen LogP contribution in [-0.2, 0) is 4.79 Å². The summed E-state index contributed by atoms with van der Waals surface area (Å²) in [4.78, 5) is 44.9. The Hall–Kier alpha value is -2.70. The highest BCUT2D eigenvalue weighted by Gasteiger charge is 2.32. The smallest absolute Gasteiger partial charge is 0.280 e. The molecular weight excluding hydrogens is 296 g/mol. The molecule has 7 heteroatoms. The standard InChI is InChI=1S/C16H18N4O3/c1-2-17-14(21)10-7-8-20(9-10)16(23)13-15(22)19-12-6-4-3-5-11(12)18-13/h3-6,10H,2,7-9H2,1H3,(H,17,21)(H,19,22)/t10-/m1/s1. The SMILES string of the molecule is CCNC(=O)[C@@H]1CCN(C(=O)c2nc3ccccc3[nH]c2=O)C1. The molecule has 0 unspecified atom stereocenters. The van der Waals surface area contributed by atoms with Gasteiger partial charge in [0, 0.05) is 19.6 Å². The summed E-state index contributed by atoms with van der Waals surface area (Å²) in [5.41, 5.74) is 0.529. The van der Waals surface area contributed by atoms with Gasteiger partial charge in [-0.2, -0.15) is 0 Å². The van der Waals surface area contributed by atoms with Crippen LogP contribution in [0, 0.1) is 5.92 Å². The molecule has 1 fully saturated rings. The minimum Gasteiger partial charge on any atom is -0.356 e. The van der Waals surface area contributed by atoms with Gasteiger partial charge in [0.25, 0.3) is 11.5 Å². The van der Waals surface area contributed by atoms with Crippen LogP contribution < -0.4 is 10.9 Å². The molecular formula is C16H18N4O3. The summed E-state index contributed by atoms with van der Waals surface area (Å²) in [5.74, 6) is -0.703. The van der Waals surface area contributed by atoms with Crippen molar-refractivity contribution in [3.05, 3.63) is 40.3 Å². The highest BCUT2D eigenvalue weighted by atomic mass is 16.2. The number of amides is 2. The molecule has 1 aliphatic heterocycles. The maximum Gasteiger partial charge on any atom is 0.280 e. The molecule has 23 heavy (non-hydrogen) atoms. The number of H-pyrrole nitrogens is 1. The van der Waals surface area contributed by atoms with Crippen LogP contribution in [0.1, 0.15) is 23.8 Å². The summed E-state index contributed by atoms with van der Waals surface area (Å²) in [6.45, 7) is 3.19. The molecule has 2 heterocycles. The van der Waals surface area contributed by atoms with Gasteiger partial charge in [-0.05, 0) is 25.5 Å². The van der Waals surface area contributed by atoms with E-state index in [1.165, 1.54) is 4.90 Å². The zero-order valence-corrected chi connectivity index (χ0v) is 12.8. The van der Waals surface area contributed by atoms with E-state index in [0.717, 1.165) is 0 Å². The van der Waals surface area contributed by atoms with Gasteiger partial charge in [0.15, 0.2) is 5.69 Å². The Balaban J connectivity index is 1.83. The van der Waals surface area contributed by atoms with Crippen molar-refractivity contribution in [1.29, 1.82) is 0 Å². The van der Waals surface area contributed by atoms with E-state index < -0.39 is 11.5 Å². The van der Waals surface area contributed by atoms with Crippen LogP contribution in [0.25, 0.3) is 11.0 Å². The number of hydrogen-bond donors (Lipinski definition) is 2. The molecule has 0 bridgehead atoms. The molecule has 3 rings (SSSR count). The Kier molecular flexibility index (Phi) is 4.10. The van der Waals surface area contributed by atoms with Gasteiger partial charge in [0.2, 0.25) is 5.91 Å². The molecule has 0 spiro atoms. The minimum atomic E-state index is -0.504. The van der Waals surface area contributed by atoms with Crippen molar-refractivity contribution in [1.82, 2.24) is 20.2 Å². The van der Waals surface area contributed by atoms with E-state index in [-0.39, 0.29) is 17.5 Å². The second-order valence-electron chi connectivity index (χ2n) is 5.56. The number of carbonyl (C=O) groups excluding carboxylic acids is 2. The fourth-order valence-electron chi connectivity index (χ4n) is 2.80. The highest BCUT2D eigenvalue weighted by molar-refractivity contribution is 5.94. The van der Waals surface area contributed by atoms with E-state index in [2.05, 4.69) is 15.3 Å². The normalized spacial score (nSPS) is 17.4. The van der Waals surface area contributed by atoms with Crippen LogP contribution in [0.15, 0.2) is 29.1 Å². The number of aromatic nitrogens is 2. The van der Waals surface area contributed by atoms with Gasteiger partial charge in [-0.25, -0.2) is 4.98 Å². The lowest BCUT2D eigenvalue weighted by atomic mass is 10.1. The number of carbonyl (C=O) groups is 2. The van der Waals surface area contributed by atoms with E-state index in [4.69, 9.17) is 0 Å². The van der Waals surface area contributed by atoms with Gasteiger partial charge < -0.3 is 15.2 Å². The zero-order valence-electron chi connectivity index (χ0n) is 12.8. The van der Waals surface area contributed by atoms with Crippen molar-refractivity contribution in [3.8, 4) is 0 Å². The molecule has 0 saturated carbocycles. The number of fused-ring (bicyclic) bond motifs is 1. The molecule has 2 amide bonds. The quantitative estimate of drug-likeness (QED) is 0.863. The highest BCUT2D eigenvalue weighted by Crippen LogP contribution is 2.18. The summed E-state index contributed by atoms with van der Waals surface area (Å²) in [7, 11) is 0. The predicted octanol–water partition coefficient (Wildman–Crippen LogP) is 0.521. The van der Waals surface area contributed by atoms with Crippen molar-refractivity contribution in [2.24, 2.45) is 5.92 Å². The number of hydrogen-bond acceptors (Lipinski definition) is 4. The van der Waals surface area contributed by atoms with Crippen molar-refractivity contribution < 1.29 is 9.59 Å². The molecule has 1 atom stereocenters. The Morgan fingerprint density at radius 1 is 1.39 bits per heavy atom. The predicted molar refractivity (Wildman–Crippen MR) is 85.1 cm³/mol. The van der Waals surface area contributed by atoms with E-state index in [1.54, 1.807) is 24.3 Å². The fourth-order valence-corrected chi connectivity index (χ4v) is 2.80. The van der Waals surface area contributed by atoms with E-state index in [1.807, 2.05) is 6.92 Å². The Bertz CT molecular complexity index is 814. The van der Waals surface area contributed by atoms with Gasteiger partial charge in [-0.3, -0.25) is 14.4 Å². The third kappa shape index (κ3) is 2.94. The fraction of sp³-hybridized carbons (Fsp3) is 0.375. The lowest BCUT2D eigenvalue weighted by Gasteiger charge is -2.15. The van der Waals surface area contributed by atoms with Crippen LogP contribution in [0.2, 0.25) is 0 Å². The van der Waals surface area contributed by atoms with Crippen LogP contribution in [-0.4, -0.2) is 46.3 Å². The molecule has 1 aromatic carbocycles. The molecule has 1 aliphatic rings. The lowest BCUT2D eigenvalue weighted by molar-refractivity contribution is -0.124. The first-order valence-electron chi connectivity index (χ1n) is 7.66. The summed E-state index contributed by atoms with van der Waals surface area (Å²) in [6.07, 6.45) is 0.600. The third-order valence-corrected chi connectivity index (χ3v) is 4.00. The van der Waals surface area contributed by atoms with Gasteiger partial charge in [-0.1, -0.05) is 12.1 Å². The number of nitrogens with zero attached hydrogens (tertiary/aromatic N) is 2. The summed E-state index contributed by atoms with van der Waals surface area (Å²) in [5, 5.41) is 2.76. The topological polar surface area (TPSA) is 95.2 Å². The number of aromatic amines is 1. The monoisotopic (exact) mass is 314 g/mol. The number of para-hydroxylation sites is 2. The largest absolute Gasteiger partial charge is 0.356 e. The first-order valence-corrected chi connectivity index (χ1v) is 7.66. The first-order chi connectivity index (χ1) is 11.1. The minimum absolute atomic E-state index is 0.0526. The molecule has 1 saturated heterocycles. The second kappa shape index (κ2) is 6.20. The van der Waals surface area contributed by atoms with Gasteiger partial charge in [-0.15, -0.1) is 0 Å². The average molecular weight is 314 g/mol. The van der Waals surface area contributed by atoms with Crippen LogP contribution >= 0.6 is 0 Å². The number of rotatable bonds is 3. The first kappa shape index (κ1) is 15.2. The van der Waals surface area contributed by atoms with Crippen molar-refractivity contribution >= 4 is 22.8 Å². The number of likely N-dealkylation sites (tertiary alicyclic amines) is 1. The summed E-state index contributed by atoms with van der Waals surface area (Å²) in [6, 6.07) is 7.06. The summed E-state index contributed by atoms with van der Waals surface area (Å²) >= 11 is 0. The van der Waals surface area contributed by atoms with E-state index in [9.17, 15) is 14.4 Å². The van der Waals surface area contributed by atoms with Crippen LogP contribution in [0.5, 0.6) is 0 Å². The molecule has 7 nitrogen and oxygen atoms in total. The van der Waals surface area contributed by atoms with Crippen LogP contribution in [0.4, 0.5) is 0 Å². The van der Waals surface area contributed by atoms with E-state index in [0.29, 0.717) is 37.1 Å². The Morgan fingerprint density at radius 3 is 2.96 bits per heavy atom. The number of nitrogens with one attached hydrogen (secondary N) is 2. The van der Waals surface area contributed by atoms with Crippen molar-refractivity contribution in [3.63, 3.8) is 0 Å². The van der Waals surface area contributed by atoms with Crippen molar-refractivity contribution in [2.75, 3.05) is 19.6 Å². The van der Waals surface area contributed by atoms with Gasteiger partial charge >= 0.3 is 0 Å². The molecule has 120 valence electrons. The maximum absolute atomic E-state index is 12.5. The van der Waals surface area contributed by atoms with Gasteiger partial charge in [0.05, 0.1) is 17.0 Å². The molecule has 0 radical (unpaired) electrons. The summed E-state index contributed by atoms with van der Waals surface area (Å²) < 4.78 is 0. The van der Waals surface area contributed by atoms with Crippen molar-refractivity contribution in [2.45, 2.75) is 13.3 Å². The molecule has 1 aromatic heterocycles. The second-order valence-corrected chi connectivity index (χ2v) is 5.56.